The molecule has 2 aromatic heterocycles. The summed E-state index contributed by atoms with van der Waals surface area (Å²) in [6.45, 7) is 1.60. The summed E-state index contributed by atoms with van der Waals surface area (Å²) in [6, 6.07) is 8.57. The number of likely N-dealkylation sites (tertiary alicyclic amines) is 1. The van der Waals surface area contributed by atoms with E-state index in [-0.39, 0.29) is 11.9 Å². The van der Waals surface area contributed by atoms with Gasteiger partial charge in [0.25, 0.3) is 0 Å². The molecule has 0 saturated carbocycles. The van der Waals surface area contributed by atoms with E-state index in [0.717, 1.165) is 44.3 Å². The highest BCUT2D eigenvalue weighted by molar-refractivity contribution is 5.83. The molecule has 1 fully saturated rings. The van der Waals surface area contributed by atoms with Crippen molar-refractivity contribution < 1.29 is 4.79 Å². The highest BCUT2D eigenvalue weighted by Crippen LogP contribution is 2.22. The zero-order valence-corrected chi connectivity index (χ0v) is 14.3. The van der Waals surface area contributed by atoms with Crippen molar-refractivity contribution >= 4 is 16.8 Å². The van der Waals surface area contributed by atoms with Crippen LogP contribution in [0.2, 0.25) is 0 Å². The molecular formula is C19H23N5O. The first-order valence-corrected chi connectivity index (χ1v) is 8.98. The number of aromatic nitrogens is 4. The molecule has 1 atom stereocenters. The first-order chi connectivity index (χ1) is 12.3. The van der Waals surface area contributed by atoms with Crippen molar-refractivity contribution in [3.05, 3.63) is 48.7 Å². The van der Waals surface area contributed by atoms with Gasteiger partial charge in [0.1, 0.15) is 12.7 Å². The van der Waals surface area contributed by atoms with Crippen LogP contribution in [0.15, 0.2) is 43.1 Å². The summed E-state index contributed by atoms with van der Waals surface area (Å²) in [6.07, 6.45) is 9.86. The Hall–Kier alpha value is -2.63. The Balaban J connectivity index is 1.31. The van der Waals surface area contributed by atoms with Gasteiger partial charge in [0.05, 0.1) is 6.04 Å². The molecule has 0 bridgehead atoms. The predicted molar refractivity (Wildman–Crippen MR) is 96.1 cm³/mol. The topological polar surface area (TPSA) is 66.8 Å². The Morgan fingerprint density at radius 1 is 1.32 bits per heavy atom. The number of hydrogen-bond acceptors (Lipinski definition) is 3. The largest absolute Gasteiger partial charge is 0.361 e. The quantitative estimate of drug-likeness (QED) is 0.778. The first-order valence-electron chi connectivity index (χ1n) is 8.98. The van der Waals surface area contributed by atoms with Crippen LogP contribution in [0.4, 0.5) is 0 Å². The number of rotatable bonds is 5. The van der Waals surface area contributed by atoms with Crippen molar-refractivity contribution in [3.8, 4) is 0 Å². The van der Waals surface area contributed by atoms with E-state index in [1.807, 2.05) is 15.6 Å². The fourth-order valence-corrected chi connectivity index (χ4v) is 3.73. The standard InChI is InChI=1S/C19H23N5O/c25-19(23-10-4-6-16(12-23)24-14-20-13-22-24)9-3-5-15-11-21-18-8-2-1-7-17(15)18/h1-2,7-8,11,13-14,16,21H,3-6,9-10,12H2. The molecule has 0 aliphatic carbocycles. The van der Waals surface area contributed by atoms with Gasteiger partial charge >= 0.3 is 0 Å². The second kappa shape index (κ2) is 7.09. The summed E-state index contributed by atoms with van der Waals surface area (Å²) in [7, 11) is 0. The van der Waals surface area contributed by atoms with Crippen molar-refractivity contribution in [1.82, 2.24) is 24.6 Å². The van der Waals surface area contributed by atoms with Gasteiger partial charge in [-0.25, -0.2) is 9.67 Å². The van der Waals surface area contributed by atoms with Crippen LogP contribution in [-0.2, 0) is 11.2 Å². The molecule has 130 valence electrons. The minimum Gasteiger partial charge on any atom is -0.361 e. The van der Waals surface area contributed by atoms with Gasteiger partial charge in [-0.15, -0.1) is 0 Å². The summed E-state index contributed by atoms with van der Waals surface area (Å²) < 4.78 is 1.88. The number of carbonyl (C=O) groups is 1. The molecule has 1 aliphatic heterocycles. The van der Waals surface area contributed by atoms with Gasteiger partial charge in [-0.1, -0.05) is 18.2 Å². The van der Waals surface area contributed by atoms with Crippen LogP contribution < -0.4 is 0 Å². The Kier molecular flexibility index (Phi) is 4.50. The number of amides is 1. The summed E-state index contributed by atoms with van der Waals surface area (Å²) in [5, 5.41) is 5.49. The van der Waals surface area contributed by atoms with Crippen LogP contribution in [-0.4, -0.2) is 43.6 Å². The van der Waals surface area contributed by atoms with Crippen LogP contribution >= 0.6 is 0 Å². The minimum atomic E-state index is 0.254. The minimum absolute atomic E-state index is 0.254. The summed E-state index contributed by atoms with van der Waals surface area (Å²) in [5.41, 5.74) is 2.46. The van der Waals surface area contributed by atoms with E-state index >= 15 is 0 Å². The van der Waals surface area contributed by atoms with Crippen LogP contribution in [0.1, 0.15) is 37.3 Å². The molecule has 3 aromatic rings. The number of benzene rings is 1. The Morgan fingerprint density at radius 2 is 2.24 bits per heavy atom. The molecule has 1 N–H and O–H groups in total. The maximum absolute atomic E-state index is 12.6. The van der Waals surface area contributed by atoms with E-state index in [1.165, 1.54) is 10.9 Å². The highest BCUT2D eigenvalue weighted by atomic mass is 16.2. The number of nitrogens with one attached hydrogen (secondary N) is 1. The summed E-state index contributed by atoms with van der Waals surface area (Å²) in [4.78, 5) is 21.9. The second-order valence-corrected chi connectivity index (χ2v) is 6.72. The lowest BCUT2D eigenvalue weighted by Gasteiger charge is -2.32. The maximum atomic E-state index is 12.6. The van der Waals surface area contributed by atoms with Gasteiger partial charge in [-0.05, 0) is 37.3 Å². The third-order valence-corrected chi connectivity index (χ3v) is 5.07. The average molecular weight is 337 g/mol. The Morgan fingerprint density at radius 3 is 3.12 bits per heavy atom. The predicted octanol–water partition coefficient (Wildman–Crippen LogP) is 2.95. The molecule has 3 heterocycles. The van der Waals surface area contributed by atoms with E-state index in [1.54, 1.807) is 12.7 Å². The maximum Gasteiger partial charge on any atom is 0.222 e. The third kappa shape index (κ3) is 3.43. The van der Waals surface area contributed by atoms with Crippen LogP contribution in [0, 0.1) is 0 Å². The number of piperidine rings is 1. The first kappa shape index (κ1) is 15.9. The molecule has 1 amide bonds. The van der Waals surface area contributed by atoms with E-state index in [2.05, 4.69) is 39.5 Å². The Labute approximate surface area is 146 Å². The fourth-order valence-electron chi connectivity index (χ4n) is 3.73. The zero-order valence-electron chi connectivity index (χ0n) is 14.3. The third-order valence-electron chi connectivity index (χ3n) is 5.07. The second-order valence-electron chi connectivity index (χ2n) is 6.72. The number of fused-ring (bicyclic) bond motifs is 1. The lowest BCUT2D eigenvalue weighted by Crippen LogP contribution is -2.40. The van der Waals surface area contributed by atoms with Gasteiger partial charge in [0.15, 0.2) is 0 Å². The van der Waals surface area contributed by atoms with E-state index < -0.39 is 0 Å². The lowest BCUT2D eigenvalue weighted by atomic mass is 10.0. The van der Waals surface area contributed by atoms with Crippen molar-refractivity contribution in [2.75, 3.05) is 13.1 Å². The van der Waals surface area contributed by atoms with Gasteiger partial charge in [-0.2, -0.15) is 5.10 Å². The molecule has 4 rings (SSSR count). The molecule has 1 saturated heterocycles. The van der Waals surface area contributed by atoms with Gasteiger partial charge in [0.2, 0.25) is 5.91 Å². The molecule has 6 nitrogen and oxygen atoms in total. The average Bonchev–Trinajstić information content (AvgIpc) is 3.32. The van der Waals surface area contributed by atoms with Crippen molar-refractivity contribution in [2.45, 2.75) is 38.1 Å². The Bertz CT molecular complexity index is 839. The molecule has 1 unspecified atom stereocenters. The van der Waals surface area contributed by atoms with Crippen LogP contribution in [0.25, 0.3) is 10.9 Å². The number of aryl methyl sites for hydroxylation is 1. The number of H-pyrrole nitrogens is 1. The SMILES string of the molecule is O=C(CCCc1c[nH]c2ccccc12)N1CCCC(n2cncn2)C1. The lowest BCUT2D eigenvalue weighted by molar-refractivity contribution is -0.133. The normalized spacial score (nSPS) is 17.9. The van der Waals surface area contributed by atoms with Gasteiger partial charge < -0.3 is 9.88 Å². The van der Waals surface area contributed by atoms with Crippen molar-refractivity contribution in [3.63, 3.8) is 0 Å². The summed E-state index contributed by atoms with van der Waals surface area (Å²) in [5.74, 6) is 0.254. The van der Waals surface area contributed by atoms with Gasteiger partial charge in [-0.3, -0.25) is 4.79 Å². The number of aromatic amines is 1. The zero-order chi connectivity index (χ0) is 17.1. The molecule has 1 aliphatic rings. The summed E-state index contributed by atoms with van der Waals surface area (Å²) >= 11 is 0. The van der Waals surface area contributed by atoms with Crippen molar-refractivity contribution in [1.29, 1.82) is 0 Å². The fraction of sp³-hybridized carbons (Fsp3) is 0.421. The number of hydrogen-bond donors (Lipinski definition) is 1. The number of carbonyl (C=O) groups excluding carboxylic acids is 1. The van der Waals surface area contributed by atoms with Crippen LogP contribution in [0.3, 0.4) is 0 Å². The monoisotopic (exact) mass is 337 g/mol. The van der Waals surface area contributed by atoms with Crippen molar-refractivity contribution in [2.24, 2.45) is 0 Å². The molecule has 1 aromatic carbocycles. The molecule has 0 spiro atoms. The number of para-hydroxylation sites is 1. The molecule has 0 radical (unpaired) electrons. The molecular weight excluding hydrogens is 314 g/mol. The van der Waals surface area contributed by atoms with Crippen LogP contribution in [0.5, 0.6) is 0 Å². The number of nitrogens with zero attached hydrogens (tertiary/aromatic N) is 4. The van der Waals surface area contributed by atoms with E-state index in [4.69, 9.17) is 0 Å². The molecule has 25 heavy (non-hydrogen) atoms. The highest BCUT2D eigenvalue weighted by Gasteiger charge is 2.24. The van der Waals surface area contributed by atoms with Gasteiger partial charge in [0, 0.05) is 36.6 Å². The van der Waals surface area contributed by atoms with E-state index in [0.29, 0.717) is 6.42 Å². The smallest absolute Gasteiger partial charge is 0.222 e. The van der Waals surface area contributed by atoms with E-state index in [9.17, 15) is 4.79 Å². The molecule has 6 heteroatoms.